The van der Waals surface area contributed by atoms with Gasteiger partial charge in [-0.2, -0.15) is 0 Å². The minimum atomic E-state index is -0.832. The quantitative estimate of drug-likeness (QED) is 0.521. The largest absolute Gasteiger partial charge is 0.493 e. The van der Waals surface area contributed by atoms with Crippen LogP contribution in [-0.4, -0.2) is 32.6 Å². The van der Waals surface area contributed by atoms with Crippen LogP contribution in [0.25, 0.3) is 0 Å². The van der Waals surface area contributed by atoms with Crippen LogP contribution >= 0.6 is 0 Å². The molecule has 2 aromatic rings. The normalized spacial score (nSPS) is 19.7. The first-order chi connectivity index (χ1) is 17.2. The number of methoxy groups -OCH3 is 2. The second-order valence-corrected chi connectivity index (χ2v) is 9.65. The molecular weight excluding hydrogens is 461 g/mol. The number of carbonyl (C=O) groups excluding carboxylic acids is 2. The predicted octanol–water partition coefficient (Wildman–Crippen LogP) is 5.40. The van der Waals surface area contributed by atoms with E-state index >= 15 is 4.39 Å². The third kappa shape index (κ3) is 4.87. The number of hydrogen-bond donors (Lipinski definition) is 1. The first kappa shape index (κ1) is 25.5. The van der Waals surface area contributed by atoms with E-state index in [1.165, 1.54) is 6.07 Å². The number of halogens is 1. The molecule has 0 saturated carbocycles. The summed E-state index contributed by atoms with van der Waals surface area (Å²) in [7, 11) is 3.15. The topological polar surface area (TPSA) is 73.9 Å². The van der Waals surface area contributed by atoms with E-state index in [1.54, 1.807) is 39.3 Å². The fourth-order valence-corrected chi connectivity index (χ4v) is 4.99. The van der Waals surface area contributed by atoms with Crippen LogP contribution in [0.2, 0.25) is 0 Å². The van der Waals surface area contributed by atoms with Crippen LogP contribution in [-0.2, 0) is 14.3 Å². The van der Waals surface area contributed by atoms with E-state index in [0.717, 1.165) is 5.56 Å². The highest BCUT2D eigenvalue weighted by atomic mass is 19.1. The Morgan fingerprint density at radius 2 is 1.81 bits per heavy atom. The molecule has 2 aromatic carbocycles. The lowest BCUT2D eigenvalue weighted by molar-refractivity contribution is -0.140. The van der Waals surface area contributed by atoms with Crippen molar-refractivity contribution in [3.05, 3.63) is 81.9 Å². The van der Waals surface area contributed by atoms with Crippen LogP contribution in [0.3, 0.4) is 0 Å². The van der Waals surface area contributed by atoms with Crippen LogP contribution in [0.5, 0.6) is 11.5 Å². The van der Waals surface area contributed by atoms with Crippen molar-refractivity contribution < 1.29 is 28.2 Å². The van der Waals surface area contributed by atoms with E-state index in [9.17, 15) is 9.59 Å². The first-order valence-electron chi connectivity index (χ1n) is 12.1. The lowest BCUT2D eigenvalue weighted by Crippen LogP contribution is -2.36. The van der Waals surface area contributed by atoms with Crippen LogP contribution < -0.4 is 14.8 Å². The average molecular weight is 494 g/mol. The van der Waals surface area contributed by atoms with Gasteiger partial charge in [0.05, 0.1) is 32.3 Å². The van der Waals surface area contributed by atoms with Gasteiger partial charge in [0.15, 0.2) is 17.3 Å². The van der Waals surface area contributed by atoms with E-state index in [4.69, 9.17) is 14.2 Å². The number of ether oxygens (including phenoxy) is 3. The maximum Gasteiger partial charge on any atom is 0.336 e. The number of nitrogens with one attached hydrogen (secondary N) is 1. The molecule has 0 unspecified atom stereocenters. The molecule has 0 radical (unpaired) electrons. The molecular formula is C29H32FNO5. The molecule has 0 saturated heterocycles. The molecule has 0 aromatic heterocycles. The third-order valence-corrected chi connectivity index (χ3v) is 6.69. The van der Waals surface area contributed by atoms with E-state index in [2.05, 4.69) is 5.32 Å². The van der Waals surface area contributed by atoms with Crippen molar-refractivity contribution in [3.8, 4) is 11.5 Å². The highest BCUT2D eigenvalue weighted by Gasteiger charge is 2.42. The summed E-state index contributed by atoms with van der Waals surface area (Å²) >= 11 is 0. The molecule has 7 heteroatoms. The fourth-order valence-electron chi connectivity index (χ4n) is 4.99. The highest BCUT2D eigenvalue weighted by Crippen LogP contribution is 2.47. The molecule has 0 fully saturated rings. The van der Waals surface area contributed by atoms with Gasteiger partial charge in [-0.15, -0.1) is 0 Å². The summed E-state index contributed by atoms with van der Waals surface area (Å²) in [4.78, 5) is 26.9. The number of dihydropyridines is 1. The maximum atomic E-state index is 15.1. The van der Waals surface area contributed by atoms with E-state index < -0.39 is 17.7 Å². The van der Waals surface area contributed by atoms with Crippen LogP contribution in [0, 0.1) is 11.7 Å². The van der Waals surface area contributed by atoms with Crippen LogP contribution in [0.1, 0.15) is 56.6 Å². The molecule has 0 bridgehead atoms. The number of rotatable bonds is 7. The summed E-state index contributed by atoms with van der Waals surface area (Å²) < 4.78 is 31.4. The summed E-state index contributed by atoms with van der Waals surface area (Å²) in [6.45, 7) is 5.90. The lowest BCUT2D eigenvalue weighted by Gasteiger charge is -2.37. The minimum absolute atomic E-state index is 0.105. The number of ketones is 1. The van der Waals surface area contributed by atoms with Crippen molar-refractivity contribution in [2.45, 2.75) is 45.4 Å². The van der Waals surface area contributed by atoms with Crippen LogP contribution in [0.4, 0.5) is 4.39 Å². The summed E-state index contributed by atoms with van der Waals surface area (Å²) in [5.41, 5.74) is 3.21. The number of esters is 1. The molecule has 0 spiro atoms. The van der Waals surface area contributed by atoms with Crippen molar-refractivity contribution in [2.24, 2.45) is 5.92 Å². The monoisotopic (exact) mass is 493 g/mol. The Bertz CT molecular complexity index is 1250. The summed E-state index contributed by atoms with van der Waals surface area (Å²) in [5.74, 6) is -0.717. The van der Waals surface area contributed by atoms with E-state index in [0.29, 0.717) is 40.5 Å². The van der Waals surface area contributed by atoms with Gasteiger partial charge in [-0.3, -0.25) is 4.79 Å². The van der Waals surface area contributed by atoms with Gasteiger partial charge in [-0.05, 0) is 48.9 Å². The SMILES string of the molecule is COc1ccc([C@@H]2CC(=O)C3=C(C2)NC(C)=C(C(=O)OCC(C)C)[C@H]3c2ccccc2F)cc1OC. The zero-order valence-corrected chi connectivity index (χ0v) is 21.3. The molecule has 1 aliphatic heterocycles. The minimum Gasteiger partial charge on any atom is -0.493 e. The maximum absolute atomic E-state index is 15.1. The van der Waals surface area contributed by atoms with Crippen molar-refractivity contribution in [3.63, 3.8) is 0 Å². The second-order valence-electron chi connectivity index (χ2n) is 9.65. The molecule has 2 aliphatic rings. The predicted molar refractivity (Wildman–Crippen MR) is 134 cm³/mol. The number of Topliss-reactive ketones (excluding diaryl/α,β-unsaturated/α-hetero) is 1. The van der Waals surface area contributed by atoms with Crippen molar-refractivity contribution in [2.75, 3.05) is 20.8 Å². The van der Waals surface area contributed by atoms with Crippen molar-refractivity contribution >= 4 is 11.8 Å². The Hall–Kier alpha value is -3.61. The molecule has 0 amide bonds. The summed E-state index contributed by atoms with van der Waals surface area (Å²) in [6.07, 6.45) is 0.765. The van der Waals surface area contributed by atoms with Crippen LogP contribution in [0.15, 0.2) is 65.0 Å². The Morgan fingerprint density at radius 3 is 2.47 bits per heavy atom. The average Bonchev–Trinajstić information content (AvgIpc) is 2.86. The highest BCUT2D eigenvalue weighted by molar-refractivity contribution is 6.04. The van der Waals surface area contributed by atoms with Gasteiger partial charge in [0.25, 0.3) is 0 Å². The van der Waals surface area contributed by atoms with E-state index in [1.807, 2.05) is 32.0 Å². The Balaban J connectivity index is 1.76. The number of carbonyl (C=O) groups is 2. The molecule has 1 heterocycles. The van der Waals surface area contributed by atoms with Gasteiger partial charge in [0, 0.05) is 29.0 Å². The molecule has 2 atom stereocenters. The van der Waals surface area contributed by atoms with Crippen molar-refractivity contribution in [1.29, 1.82) is 0 Å². The van der Waals surface area contributed by atoms with Gasteiger partial charge in [-0.1, -0.05) is 38.1 Å². The Labute approximate surface area is 211 Å². The second kappa shape index (κ2) is 10.6. The zero-order chi connectivity index (χ0) is 26.0. The smallest absolute Gasteiger partial charge is 0.336 e. The molecule has 1 aliphatic carbocycles. The van der Waals surface area contributed by atoms with Gasteiger partial charge >= 0.3 is 5.97 Å². The van der Waals surface area contributed by atoms with Gasteiger partial charge < -0.3 is 19.5 Å². The molecule has 4 rings (SSSR count). The molecule has 36 heavy (non-hydrogen) atoms. The van der Waals surface area contributed by atoms with Gasteiger partial charge in [0.2, 0.25) is 0 Å². The van der Waals surface area contributed by atoms with Crippen molar-refractivity contribution in [1.82, 2.24) is 5.32 Å². The fraction of sp³-hybridized carbons (Fsp3) is 0.379. The number of hydrogen-bond acceptors (Lipinski definition) is 6. The summed E-state index contributed by atoms with van der Waals surface area (Å²) in [5, 5.41) is 3.30. The molecule has 6 nitrogen and oxygen atoms in total. The van der Waals surface area contributed by atoms with Gasteiger partial charge in [-0.25, -0.2) is 9.18 Å². The number of benzene rings is 2. The zero-order valence-electron chi connectivity index (χ0n) is 21.3. The van der Waals surface area contributed by atoms with E-state index in [-0.39, 0.29) is 36.2 Å². The molecule has 1 N–H and O–H groups in total. The molecule has 190 valence electrons. The van der Waals surface area contributed by atoms with Gasteiger partial charge in [0.1, 0.15) is 5.82 Å². The Morgan fingerprint density at radius 1 is 1.08 bits per heavy atom. The Kier molecular flexibility index (Phi) is 7.48. The lowest BCUT2D eigenvalue weighted by atomic mass is 9.71. The first-order valence-corrected chi connectivity index (χ1v) is 12.1. The standard InChI is InChI=1S/C29H32FNO5/c1-16(2)15-36-29(33)26-17(3)31-22-12-19(18-10-11-24(34-4)25(14-18)35-5)13-23(32)28(22)27(26)20-8-6-7-9-21(20)30/h6-11,14,16,19,27,31H,12-13,15H2,1-5H3/t19-,27+/m0/s1. The summed E-state index contributed by atoms with van der Waals surface area (Å²) in [6, 6.07) is 11.9. The number of allylic oxidation sites excluding steroid dienone is 3. The third-order valence-electron chi connectivity index (χ3n) is 6.69.